The molecule has 0 aliphatic rings. The second-order valence-electron chi connectivity index (χ2n) is 10.1. The predicted molar refractivity (Wildman–Crippen MR) is 149 cm³/mol. The van der Waals surface area contributed by atoms with Crippen molar-refractivity contribution in [2.24, 2.45) is 7.05 Å². The molecule has 38 heavy (non-hydrogen) atoms. The first-order valence-electron chi connectivity index (χ1n) is 12.2. The molecule has 0 unspecified atom stereocenters. The Labute approximate surface area is 220 Å². The monoisotopic (exact) mass is 531 g/mol. The van der Waals surface area contributed by atoms with Crippen LogP contribution in [0.3, 0.4) is 0 Å². The summed E-state index contributed by atoms with van der Waals surface area (Å²) in [5.74, 6) is 0.604. The largest absolute Gasteiger partial charge is 0.493 e. The van der Waals surface area contributed by atoms with Crippen LogP contribution in [0.4, 0.5) is 5.69 Å². The fourth-order valence-corrected chi connectivity index (χ4v) is 5.58. The van der Waals surface area contributed by atoms with Crippen LogP contribution in [0, 0.1) is 0 Å². The summed E-state index contributed by atoms with van der Waals surface area (Å²) in [6, 6.07) is 17.5. The smallest absolute Gasteiger partial charge is 0.277 e. The van der Waals surface area contributed by atoms with Crippen LogP contribution in [0.2, 0.25) is 0 Å². The van der Waals surface area contributed by atoms with Gasteiger partial charge in [0, 0.05) is 17.8 Å². The maximum absolute atomic E-state index is 13.5. The van der Waals surface area contributed by atoms with Crippen LogP contribution in [0.25, 0.3) is 33.2 Å². The molecule has 5 rings (SSSR count). The zero-order valence-electron chi connectivity index (χ0n) is 21.9. The Morgan fingerprint density at radius 2 is 1.79 bits per heavy atom. The number of nitrogens with one attached hydrogen (secondary N) is 2. The van der Waals surface area contributed by atoms with Crippen molar-refractivity contribution in [2.45, 2.75) is 38.0 Å². The van der Waals surface area contributed by atoms with Crippen molar-refractivity contribution in [1.82, 2.24) is 19.7 Å². The van der Waals surface area contributed by atoms with Gasteiger partial charge in [-0.15, -0.1) is 0 Å². The highest BCUT2D eigenvalue weighted by atomic mass is 32.2. The lowest BCUT2D eigenvalue weighted by Gasteiger charge is -2.16. The molecule has 10 heteroatoms. The zero-order chi connectivity index (χ0) is 27.2. The van der Waals surface area contributed by atoms with Crippen molar-refractivity contribution < 1.29 is 13.2 Å². The predicted octanol–water partition coefficient (Wildman–Crippen LogP) is 4.97. The Kier molecular flexibility index (Phi) is 6.22. The standard InChI is InChI=1S/C28H29N5O4S/c1-6-37-22-15-14-18(38(35,36)32-21-13-9-11-17-10-7-8-12-19(17)21)16-20(22)26-29-23-24(27(34)30-26)33(5)31-25(23)28(2,3)4/h7-16,32H,6H2,1-5H3,(H,29,30,34). The summed E-state index contributed by atoms with van der Waals surface area (Å²) in [4.78, 5) is 20.7. The molecule has 196 valence electrons. The van der Waals surface area contributed by atoms with E-state index in [2.05, 4.69) is 14.8 Å². The normalized spacial score (nSPS) is 12.2. The summed E-state index contributed by atoms with van der Waals surface area (Å²) >= 11 is 0. The van der Waals surface area contributed by atoms with Crippen molar-refractivity contribution >= 4 is 37.5 Å². The zero-order valence-corrected chi connectivity index (χ0v) is 22.7. The summed E-state index contributed by atoms with van der Waals surface area (Å²) in [6.45, 7) is 8.16. The molecule has 2 N–H and O–H groups in total. The molecular formula is C28H29N5O4S. The molecule has 0 fully saturated rings. The molecule has 0 radical (unpaired) electrons. The summed E-state index contributed by atoms with van der Waals surface area (Å²) in [7, 11) is -2.29. The molecule has 0 atom stereocenters. The van der Waals surface area contributed by atoms with Gasteiger partial charge >= 0.3 is 0 Å². The van der Waals surface area contributed by atoms with Gasteiger partial charge in [0.15, 0.2) is 5.52 Å². The molecule has 0 amide bonds. The minimum absolute atomic E-state index is 0.00821. The molecule has 3 aromatic carbocycles. The second kappa shape index (κ2) is 9.29. The van der Waals surface area contributed by atoms with Crippen LogP contribution in [-0.2, 0) is 22.5 Å². The quantitative estimate of drug-likeness (QED) is 0.319. The molecule has 5 aromatic rings. The van der Waals surface area contributed by atoms with Gasteiger partial charge in [-0.3, -0.25) is 14.2 Å². The Morgan fingerprint density at radius 3 is 2.53 bits per heavy atom. The van der Waals surface area contributed by atoms with Crippen molar-refractivity contribution in [3.63, 3.8) is 0 Å². The van der Waals surface area contributed by atoms with Crippen molar-refractivity contribution in [1.29, 1.82) is 0 Å². The summed E-state index contributed by atoms with van der Waals surface area (Å²) in [6.07, 6.45) is 0. The Hall–Kier alpha value is -4.18. The van der Waals surface area contributed by atoms with Gasteiger partial charge in [0.05, 0.1) is 28.4 Å². The van der Waals surface area contributed by atoms with E-state index in [9.17, 15) is 13.2 Å². The SMILES string of the molecule is CCOc1ccc(S(=O)(=O)Nc2cccc3ccccc23)cc1-c1nc2c(C(C)(C)C)nn(C)c2c(=O)[nH]1. The molecule has 0 spiro atoms. The number of ether oxygens (including phenoxy) is 1. The van der Waals surface area contributed by atoms with Crippen molar-refractivity contribution in [3.05, 3.63) is 76.7 Å². The second-order valence-corrected chi connectivity index (χ2v) is 11.7. The van der Waals surface area contributed by atoms with Gasteiger partial charge in [0.1, 0.15) is 17.1 Å². The summed E-state index contributed by atoms with van der Waals surface area (Å²) in [5, 5.41) is 6.24. The van der Waals surface area contributed by atoms with E-state index in [0.29, 0.717) is 40.3 Å². The van der Waals surface area contributed by atoms with E-state index >= 15 is 0 Å². The maximum Gasteiger partial charge on any atom is 0.277 e. The highest BCUT2D eigenvalue weighted by Crippen LogP contribution is 2.34. The fourth-order valence-electron chi connectivity index (χ4n) is 4.47. The maximum atomic E-state index is 13.5. The minimum Gasteiger partial charge on any atom is -0.493 e. The van der Waals surface area contributed by atoms with Crippen LogP contribution >= 0.6 is 0 Å². The van der Waals surface area contributed by atoms with E-state index in [1.165, 1.54) is 16.8 Å². The van der Waals surface area contributed by atoms with Crippen molar-refractivity contribution in [2.75, 3.05) is 11.3 Å². The highest BCUT2D eigenvalue weighted by Gasteiger charge is 2.26. The number of fused-ring (bicyclic) bond motifs is 2. The van der Waals surface area contributed by atoms with Crippen LogP contribution in [0.5, 0.6) is 5.75 Å². The number of aromatic amines is 1. The number of hydrogen-bond acceptors (Lipinski definition) is 6. The average Bonchev–Trinajstić information content (AvgIpc) is 3.22. The number of H-pyrrole nitrogens is 1. The van der Waals surface area contributed by atoms with Crippen LogP contribution in [0.15, 0.2) is 70.4 Å². The number of anilines is 1. The number of benzene rings is 3. The molecule has 0 aliphatic carbocycles. The van der Waals surface area contributed by atoms with E-state index in [1.54, 1.807) is 25.2 Å². The number of aryl methyl sites for hydroxylation is 1. The van der Waals surface area contributed by atoms with Gasteiger partial charge < -0.3 is 9.72 Å². The number of sulfonamides is 1. The fraction of sp³-hybridized carbons (Fsp3) is 0.250. The Morgan fingerprint density at radius 1 is 1.05 bits per heavy atom. The van der Waals surface area contributed by atoms with Crippen LogP contribution < -0.4 is 15.0 Å². The number of aromatic nitrogens is 4. The van der Waals surface area contributed by atoms with Crippen LogP contribution in [-0.4, -0.2) is 34.8 Å². The van der Waals surface area contributed by atoms with E-state index in [-0.39, 0.29) is 21.7 Å². The number of hydrogen-bond donors (Lipinski definition) is 2. The Balaban J connectivity index is 1.66. The van der Waals surface area contributed by atoms with Gasteiger partial charge in [0.2, 0.25) is 0 Å². The third kappa shape index (κ3) is 4.51. The average molecular weight is 532 g/mol. The molecule has 0 aliphatic heterocycles. The lowest BCUT2D eigenvalue weighted by atomic mass is 9.91. The molecule has 9 nitrogen and oxygen atoms in total. The molecule has 0 bridgehead atoms. The lowest BCUT2D eigenvalue weighted by Crippen LogP contribution is -2.15. The molecule has 2 aromatic heterocycles. The van der Waals surface area contributed by atoms with E-state index in [4.69, 9.17) is 9.72 Å². The minimum atomic E-state index is -3.99. The summed E-state index contributed by atoms with van der Waals surface area (Å²) < 4.78 is 37.0. The molecule has 2 heterocycles. The topological polar surface area (TPSA) is 119 Å². The van der Waals surface area contributed by atoms with Gasteiger partial charge in [-0.05, 0) is 36.6 Å². The molecule has 0 saturated carbocycles. The third-order valence-corrected chi connectivity index (χ3v) is 7.62. The first-order chi connectivity index (χ1) is 18.0. The summed E-state index contributed by atoms with van der Waals surface area (Å²) in [5.41, 5.74) is 1.56. The van der Waals surface area contributed by atoms with Crippen molar-refractivity contribution in [3.8, 4) is 17.1 Å². The third-order valence-electron chi connectivity index (χ3n) is 6.25. The molecule has 0 saturated heterocycles. The number of nitrogens with zero attached hydrogens (tertiary/aromatic N) is 3. The van der Waals surface area contributed by atoms with Gasteiger partial charge in [-0.1, -0.05) is 57.2 Å². The van der Waals surface area contributed by atoms with Gasteiger partial charge in [0.25, 0.3) is 15.6 Å². The van der Waals surface area contributed by atoms with Gasteiger partial charge in [-0.2, -0.15) is 5.10 Å². The first-order valence-corrected chi connectivity index (χ1v) is 13.7. The lowest BCUT2D eigenvalue weighted by molar-refractivity contribution is 0.341. The first kappa shape index (κ1) is 25.5. The number of rotatable bonds is 6. The highest BCUT2D eigenvalue weighted by molar-refractivity contribution is 7.92. The van der Waals surface area contributed by atoms with E-state index in [0.717, 1.165) is 10.8 Å². The van der Waals surface area contributed by atoms with Gasteiger partial charge in [-0.25, -0.2) is 13.4 Å². The molecular weight excluding hydrogens is 502 g/mol. The van der Waals surface area contributed by atoms with Crippen LogP contribution in [0.1, 0.15) is 33.4 Å². The Bertz CT molecular complexity index is 1840. The van der Waals surface area contributed by atoms with E-state index in [1.807, 2.05) is 58.0 Å². The van der Waals surface area contributed by atoms with E-state index < -0.39 is 10.0 Å².